The van der Waals surface area contributed by atoms with E-state index < -0.39 is 0 Å². The van der Waals surface area contributed by atoms with Crippen LogP contribution < -0.4 is 10.6 Å². The number of nitrogens with one attached hydrogen (secondary N) is 2. The summed E-state index contributed by atoms with van der Waals surface area (Å²) in [5.41, 5.74) is 0.0729. The van der Waals surface area contributed by atoms with Crippen LogP contribution in [0.2, 0.25) is 5.28 Å². The van der Waals surface area contributed by atoms with Crippen LogP contribution >= 0.6 is 11.6 Å². The quantitative estimate of drug-likeness (QED) is 0.775. The molecule has 0 fully saturated rings. The van der Waals surface area contributed by atoms with E-state index in [9.17, 15) is 4.79 Å². The Balaban J connectivity index is 2.99. The molecule has 0 aliphatic carbocycles. The fraction of sp³-hybridized carbons (Fsp3) is 0.500. The van der Waals surface area contributed by atoms with Gasteiger partial charge in [0.15, 0.2) is 0 Å². The zero-order valence-corrected chi connectivity index (χ0v) is 10.5. The van der Waals surface area contributed by atoms with Crippen LogP contribution in [0.5, 0.6) is 0 Å². The van der Waals surface area contributed by atoms with Gasteiger partial charge in [0.2, 0.25) is 5.28 Å². The maximum absolute atomic E-state index is 11.9. The minimum Gasteiger partial charge on any atom is -0.372 e. The highest BCUT2D eigenvalue weighted by Crippen LogP contribution is 2.14. The molecule has 0 aliphatic rings. The summed E-state index contributed by atoms with van der Waals surface area (Å²) < 4.78 is 0. The summed E-state index contributed by atoms with van der Waals surface area (Å²) in [5, 5.41) is 5.74. The molecule has 1 heterocycles. The van der Waals surface area contributed by atoms with E-state index in [4.69, 9.17) is 11.6 Å². The summed E-state index contributed by atoms with van der Waals surface area (Å²) in [6.07, 6.45) is 1.40. The maximum Gasteiger partial charge on any atom is 0.257 e. The average Bonchev–Trinajstić information content (AvgIpc) is 2.14. The number of aromatic nitrogens is 2. The first-order chi connectivity index (χ1) is 7.33. The smallest absolute Gasteiger partial charge is 0.257 e. The van der Waals surface area contributed by atoms with Crippen molar-refractivity contribution >= 4 is 23.3 Å². The van der Waals surface area contributed by atoms with Crippen molar-refractivity contribution in [1.82, 2.24) is 15.3 Å². The topological polar surface area (TPSA) is 66.9 Å². The molecule has 5 nitrogen and oxygen atoms in total. The molecule has 16 heavy (non-hydrogen) atoms. The predicted molar refractivity (Wildman–Crippen MR) is 63.8 cm³/mol. The summed E-state index contributed by atoms with van der Waals surface area (Å²) in [6.45, 7) is 5.71. The van der Waals surface area contributed by atoms with Crippen LogP contribution in [0.1, 0.15) is 31.1 Å². The Morgan fingerprint density at radius 3 is 2.56 bits per heavy atom. The first-order valence-electron chi connectivity index (χ1n) is 4.86. The van der Waals surface area contributed by atoms with Crippen LogP contribution in [-0.4, -0.2) is 28.5 Å². The summed E-state index contributed by atoms with van der Waals surface area (Å²) in [6, 6.07) is 0. The van der Waals surface area contributed by atoms with E-state index >= 15 is 0 Å². The lowest BCUT2D eigenvalue weighted by atomic mass is 10.1. The number of rotatable bonds is 2. The van der Waals surface area contributed by atoms with E-state index in [0.29, 0.717) is 11.4 Å². The fourth-order valence-electron chi connectivity index (χ4n) is 1.12. The minimum absolute atomic E-state index is 0.108. The van der Waals surface area contributed by atoms with E-state index in [-0.39, 0.29) is 16.7 Å². The number of carbonyl (C=O) groups is 1. The maximum atomic E-state index is 11.9. The highest BCUT2D eigenvalue weighted by Gasteiger charge is 2.19. The number of carbonyl (C=O) groups excluding carboxylic acids is 1. The molecular formula is C10H15ClN4O. The van der Waals surface area contributed by atoms with Gasteiger partial charge in [0.25, 0.3) is 5.91 Å². The van der Waals surface area contributed by atoms with Crippen LogP contribution in [0.15, 0.2) is 6.20 Å². The second-order valence-corrected chi connectivity index (χ2v) is 4.69. The van der Waals surface area contributed by atoms with Gasteiger partial charge in [0, 0.05) is 18.8 Å². The van der Waals surface area contributed by atoms with E-state index in [0.717, 1.165) is 0 Å². The number of nitrogens with zero attached hydrogens (tertiary/aromatic N) is 2. The molecule has 0 bridgehead atoms. The largest absolute Gasteiger partial charge is 0.372 e. The summed E-state index contributed by atoms with van der Waals surface area (Å²) in [5.74, 6) is 0.190. The molecule has 0 spiro atoms. The fourth-order valence-corrected chi connectivity index (χ4v) is 1.26. The van der Waals surface area contributed by atoms with E-state index in [1.54, 1.807) is 7.05 Å². The van der Waals surface area contributed by atoms with Crippen LogP contribution in [0.3, 0.4) is 0 Å². The monoisotopic (exact) mass is 242 g/mol. The first-order valence-corrected chi connectivity index (χ1v) is 5.24. The Morgan fingerprint density at radius 1 is 1.44 bits per heavy atom. The molecule has 88 valence electrons. The molecule has 1 amide bonds. The van der Waals surface area contributed by atoms with Crippen molar-refractivity contribution in [1.29, 1.82) is 0 Å². The molecule has 0 saturated heterocycles. The summed E-state index contributed by atoms with van der Waals surface area (Å²) >= 11 is 5.64. The number of hydrogen-bond acceptors (Lipinski definition) is 4. The number of halogens is 1. The van der Waals surface area contributed by atoms with Gasteiger partial charge in [-0.3, -0.25) is 4.79 Å². The number of amides is 1. The third-order valence-corrected chi connectivity index (χ3v) is 1.91. The van der Waals surface area contributed by atoms with Crippen LogP contribution in [0.25, 0.3) is 0 Å². The highest BCUT2D eigenvalue weighted by molar-refractivity contribution is 6.28. The molecule has 1 rings (SSSR count). The van der Waals surface area contributed by atoms with E-state index in [1.165, 1.54) is 6.20 Å². The lowest BCUT2D eigenvalue weighted by Crippen LogP contribution is -2.40. The van der Waals surface area contributed by atoms with Crippen molar-refractivity contribution < 1.29 is 4.79 Å². The van der Waals surface area contributed by atoms with Gasteiger partial charge in [-0.2, -0.15) is 4.98 Å². The second kappa shape index (κ2) is 4.65. The molecule has 0 saturated carbocycles. The van der Waals surface area contributed by atoms with E-state index in [1.807, 2.05) is 20.8 Å². The van der Waals surface area contributed by atoms with Crippen LogP contribution in [0.4, 0.5) is 5.82 Å². The Labute approximate surface area is 99.6 Å². The van der Waals surface area contributed by atoms with Gasteiger partial charge in [0.1, 0.15) is 11.4 Å². The van der Waals surface area contributed by atoms with Crippen molar-refractivity contribution in [2.45, 2.75) is 26.3 Å². The van der Waals surface area contributed by atoms with Gasteiger partial charge in [-0.15, -0.1) is 0 Å². The van der Waals surface area contributed by atoms with Gasteiger partial charge in [-0.1, -0.05) is 0 Å². The molecule has 2 N–H and O–H groups in total. The lowest BCUT2D eigenvalue weighted by Gasteiger charge is -2.21. The normalized spacial score (nSPS) is 11.1. The third kappa shape index (κ3) is 3.34. The van der Waals surface area contributed by atoms with Crippen molar-refractivity contribution in [3.63, 3.8) is 0 Å². The van der Waals surface area contributed by atoms with Crippen molar-refractivity contribution in [2.75, 3.05) is 12.4 Å². The van der Waals surface area contributed by atoms with Crippen molar-refractivity contribution in [3.05, 3.63) is 17.0 Å². The predicted octanol–water partition coefficient (Wildman–Crippen LogP) is 1.70. The SMILES string of the molecule is CNc1nc(Cl)ncc1C(=O)NC(C)(C)C. The number of anilines is 1. The van der Waals surface area contributed by atoms with Crippen LogP contribution in [0, 0.1) is 0 Å². The second-order valence-electron chi connectivity index (χ2n) is 4.36. The zero-order valence-electron chi connectivity index (χ0n) is 9.76. The Bertz CT molecular complexity index is 400. The molecule has 0 aromatic carbocycles. The number of hydrogen-bond donors (Lipinski definition) is 2. The summed E-state index contributed by atoms with van der Waals surface area (Å²) in [7, 11) is 1.67. The van der Waals surface area contributed by atoms with Gasteiger partial charge in [-0.25, -0.2) is 4.98 Å². The molecule has 6 heteroatoms. The molecular weight excluding hydrogens is 228 g/mol. The zero-order chi connectivity index (χ0) is 12.3. The van der Waals surface area contributed by atoms with Gasteiger partial charge >= 0.3 is 0 Å². The standard InChI is InChI=1S/C10H15ClN4O/c1-10(2,3)15-8(16)6-5-13-9(11)14-7(6)12-4/h5H,1-4H3,(H,15,16)(H,12,13,14). The Morgan fingerprint density at radius 2 is 2.06 bits per heavy atom. The van der Waals surface area contributed by atoms with Crippen LogP contribution in [-0.2, 0) is 0 Å². The molecule has 1 aromatic heterocycles. The van der Waals surface area contributed by atoms with Crippen molar-refractivity contribution in [3.8, 4) is 0 Å². The van der Waals surface area contributed by atoms with E-state index in [2.05, 4.69) is 20.6 Å². The first kappa shape index (κ1) is 12.7. The van der Waals surface area contributed by atoms with Crippen molar-refractivity contribution in [2.24, 2.45) is 0 Å². The molecule has 0 aliphatic heterocycles. The minimum atomic E-state index is -0.304. The molecule has 0 radical (unpaired) electrons. The molecule has 0 atom stereocenters. The van der Waals surface area contributed by atoms with Gasteiger partial charge in [-0.05, 0) is 32.4 Å². The highest BCUT2D eigenvalue weighted by atomic mass is 35.5. The molecule has 1 aromatic rings. The Kier molecular flexibility index (Phi) is 3.70. The van der Waals surface area contributed by atoms with Gasteiger partial charge in [0.05, 0.1) is 0 Å². The average molecular weight is 243 g/mol. The summed E-state index contributed by atoms with van der Waals surface area (Å²) in [4.78, 5) is 19.6. The third-order valence-electron chi connectivity index (χ3n) is 1.73. The Hall–Kier alpha value is -1.36. The lowest BCUT2D eigenvalue weighted by molar-refractivity contribution is 0.0919. The van der Waals surface area contributed by atoms with Gasteiger partial charge < -0.3 is 10.6 Å². The molecule has 0 unspecified atom stereocenters.